The van der Waals surface area contributed by atoms with Gasteiger partial charge in [-0.2, -0.15) is 0 Å². The van der Waals surface area contributed by atoms with Crippen molar-refractivity contribution < 1.29 is 4.74 Å². The standard InChI is InChI=1S/C15H19ClN2OS/c1-10(2)7-17-8-12-9-18-15(20-12)13-5-4-11(16)6-14(13)19-3/h4-6,9-10,17H,7-8H2,1-3H3. The molecule has 0 bridgehead atoms. The zero-order valence-corrected chi connectivity index (χ0v) is 13.5. The molecular weight excluding hydrogens is 292 g/mol. The molecule has 1 aromatic carbocycles. The number of halogens is 1. The molecule has 0 aliphatic carbocycles. The average molecular weight is 311 g/mol. The van der Waals surface area contributed by atoms with E-state index in [1.807, 2.05) is 24.4 Å². The second-order valence-corrected chi connectivity index (χ2v) is 6.55. The molecule has 1 aromatic heterocycles. The van der Waals surface area contributed by atoms with E-state index < -0.39 is 0 Å². The lowest BCUT2D eigenvalue weighted by Gasteiger charge is -2.06. The molecule has 0 amide bonds. The van der Waals surface area contributed by atoms with E-state index in [9.17, 15) is 0 Å². The number of hydrogen-bond acceptors (Lipinski definition) is 4. The first kappa shape index (κ1) is 15.3. The van der Waals surface area contributed by atoms with Crippen LogP contribution >= 0.6 is 22.9 Å². The summed E-state index contributed by atoms with van der Waals surface area (Å²) in [6, 6.07) is 5.62. The van der Waals surface area contributed by atoms with E-state index in [0.717, 1.165) is 29.4 Å². The van der Waals surface area contributed by atoms with Crippen molar-refractivity contribution in [1.29, 1.82) is 0 Å². The fourth-order valence-corrected chi connectivity index (χ4v) is 2.91. The minimum Gasteiger partial charge on any atom is -0.496 e. The predicted octanol–water partition coefficient (Wildman–Crippen LogP) is 4.22. The van der Waals surface area contributed by atoms with Gasteiger partial charge >= 0.3 is 0 Å². The molecule has 0 fully saturated rings. The second-order valence-electron chi connectivity index (χ2n) is 5.00. The van der Waals surface area contributed by atoms with Crippen LogP contribution in [0.15, 0.2) is 24.4 Å². The summed E-state index contributed by atoms with van der Waals surface area (Å²) < 4.78 is 5.37. The summed E-state index contributed by atoms with van der Waals surface area (Å²) in [6.45, 7) is 6.26. The molecule has 20 heavy (non-hydrogen) atoms. The van der Waals surface area contributed by atoms with Crippen molar-refractivity contribution in [1.82, 2.24) is 10.3 Å². The minimum absolute atomic E-state index is 0.652. The van der Waals surface area contributed by atoms with E-state index >= 15 is 0 Å². The molecule has 0 atom stereocenters. The summed E-state index contributed by atoms with van der Waals surface area (Å²) in [6.07, 6.45) is 1.92. The van der Waals surface area contributed by atoms with E-state index in [4.69, 9.17) is 16.3 Å². The molecular formula is C15H19ClN2OS. The number of benzene rings is 1. The van der Waals surface area contributed by atoms with Gasteiger partial charge in [-0.3, -0.25) is 0 Å². The summed E-state index contributed by atoms with van der Waals surface area (Å²) in [4.78, 5) is 5.70. The average Bonchev–Trinajstić information content (AvgIpc) is 2.86. The van der Waals surface area contributed by atoms with E-state index in [1.54, 1.807) is 18.4 Å². The van der Waals surface area contributed by atoms with Gasteiger partial charge in [-0.25, -0.2) is 4.98 Å². The molecule has 0 radical (unpaired) electrons. The van der Waals surface area contributed by atoms with Crippen LogP contribution in [0.4, 0.5) is 0 Å². The number of rotatable bonds is 6. The largest absolute Gasteiger partial charge is 0.496 e. The molecule has 1 N–H and O–H groups in total. The van der Waals surface area contributed by atoms with Crippen LogP contribution < -0.4 is 10.1 Å². The smallest absolute Gasteiger partial charge is 0.130 e. The van der Waals surface area contributed by atoms with Crippen LogP contribution in [0.1, 0.15) is 18.7 Å². The maximum atomic E-state index is 5.98. The van der Waals surface area contributed by atoms with Gasteiger partial charge in [0.25, 0.3) is 0 Å². The summed E-state index contributed by atoms with van der Waals surface area (Å²) in [7, 11) is 1.65. The number of methoxy groups -OCH3 is 1. The zero-order valence-electron chi connectivity index (χ0n) is 11.9. The van der Waals surface area contributed by atoms with Gasteiger partial charge in [-0.05, 0) is 30.7 Å². The number of aromatic nitrogens is 1. The predicted molar refractivity (Wildman–Crippen MR) is 85.7 cm³/mol. The minimum atomic E-state index is 0.652. The Labute approximate surface area is 129 Å². The van der Waals surface area contributed by atoms with Crippen molar-refractivity contribution in [2.24, 2.45) is 5.92 Å². The van der Waals surface area contributed by atoms with Gasteiger partial charge in [0.1, 0.15) is 10.8 Å². The molecule has 0 spiro atoms. The first-order chi connectivity index (χ1) is 9.60. The number of nitrogens with one attached hydrogen (secondary N) is 1. The van der Waals surface area contributed by atoms with Gasteiger partial charge < -0.3 is 10.1 Å². The highest BCUT2D eigenvalue weighted by Crippen LogP contribution is 2.34. The lowest BCUT2D eigenvalue weighted by atomic mass is 10.2. The second kappa shape index (κ2) is 7.07. The van der Waals surface area contributed by atoms with E-state index in [-0.39, 0.29) is 0 Å². The number of thiazole rings is 1. The third-order valence-electron chi connectivity index (χ3n) is 2.80. The van der Waals surface area contributed by atoms with Crippen molar-refractivity contribution in [3.63, 3.8) is 0 Å². The Morgan fingerprint density at radius 1 is 1.40 bits per heavy atom. The quantitative estimate of drug-likeness (QED) is 0.867. The third kappa shape index (κ3) is 3.95. The van der Waals surface area contributed by atoms with Crippen molar-refractivity contribution >= 4 is 22.9 Å². The fraction of sp³-hybridized carbons (Fsp3) is 0.400. The van der Waals surface area contributed by atoms with Crippen LogP contribution in [0.25, 0.3) is 10.6 Å². The summed E-state index contributed by atoms with van der Waals surface area (Å²) in [5, 5.41) is 5.05. The number of hydrogen-bond donors (Lipinski definition) is 1. The maximum Gasteiger partial charge on any atom is 0.130 e. The normalized spacial score (nSPS) is 11.1. The molecule has 0 aliphatic rings. The molecule has 2 aromatic rings. The Morgan fingerprint density at radius 2 is 2.20 bits per heavy atom. The van der Waals surface area contributed by atoms with Gasteiger partial charge in [0.15, 0.2) is 0 Å². The van der Waals surface area contributed by atoms with Gasteiger partial charge in [0.2, 0.25) is 0 Å². The van der Waals surface area contributed by atoms with Gasteiger partial charge in [0.05, 0.1) is 12.7 Å². The Morgan fingerprint density at radius 3 is 2.90 bits per heavy atom. The van der Waals surface area contributed by atoms with Crippen molar-refractivity contribution in [2.75, 3.05) is 13.7 Å². The number of ether oxygens (including phenoxy) is 1. The molecule has 0 unspecified atom stereocenters. The van der Waals surface area contributed by atoms with E-state index in [2.05, 4.69) is 24.1 Å². The SMILES string of the molecule is COc1cc(Cl)ccc1-c1ncc(CNCC(C)C)s1. The molecule has 5 heteroatoms. The van der Waals surface area contributed by atoms with Crippen molar-refractivity contribution in [3.05, 3.63) is 34.3 Å². The summed E-state index contributed by atoms with van der Waals surface area (Å²) >= 11 is 7.66. The highest BCUT2D eigenvalue weighted by atomic mass is 35.5. The first-order valence-corrected chi connectivity index (χ1v) is 7.79. The highest BCUT2D eigenvalue weighted by molar-refractivity contribution is 7.15. The molecule has 0 saturated heterocycles. The summed E-state index contributed by atoms with van der Waals surface area (Å²) in [5.74, 6) is 1.41. The van der Waals surface area contributed by atoms with Crippen LogP contribution in [0.3, 0.4) is 0 Å². The molecule has 1 heterocycles. The van der Waals surface area contributed by atoms with E-state index in [1.165, 1.54) is 4.88 Å². The Balaban J connectivity index is 2.12. The Bertz CT molecular complexity index is 569. The van der Waals surface area contributed by atoms with Gasteiger partial charge in [-0.1, -0.05) is 25.4 Å². The molecule has 0 aliphatic heterocycles. The van der Waals surface area contributed by atoms with Crippen LogP contribution in [-0.4, -0.2) is 18.6 Å². The highest BCUT2D eigenvalue weighted by Gasteiger charge is 2.11. The van der Waals surface area contributed by atoms with Gasteiger partial charge in [0, 0.05) is 22.6 Å². The molecule has 2 rings (SSSR count). The van der Waals surface area contributed by atoms with Crippen molar-refractivity contribution in [3.8, 4) is 16.3 Å². The molecule has 108 valence electrons. The topological polar surface area (TPSA) is 34.1 Å². The monoisotopic (exact) mass is 310 g/mol. The van der Waals surface area contributed by atoms with Crippen LogP contribution in [0, 0.1) is 5.92 Å². The van der Waals surface area contributed by atoms with Crippen LogP contribution in [-0.2, 0) is 6.54 Å². The Kier molecular flexibility index (Phi) is 5.40. The molecule has 0 saturated carbocycles. The lowest BCUT2D eigenvalue weighted by molar-refractivity contribution is 0.416. The zero-order chi connectivity index (χ0) is 14.5. The van der Waals surface area contributed by atoms with Crippen LogP contribution in [0.2, 0.25) is 5.02 Å². The fourth-order valence-electron chi connectivity index (χ4n) is 1.84. The van der Waals surface area contributed by atoms with Gasteiger partial charge in [-0.15, -0.1) is 11.3 Å². The van der Waals surface area contributed by atoms with Crippen molar-refractivity contribution in [2.45, 2.75) is 20.4 Å². The van der Waals surface area contributed by atoms with E-state index in [0.29, 0.717) is 10.9 Å². The maximum absolute atomic E-state index is 5.98. The number of nitrogens with zero attached hydrogens (tertiary/aromatic N) is 1. The third-order valence-corrected chi connectivity index (χ3v) is 4.07. The Hall–Kier alpha value is -1.10. The lowest BCUT2D eigenvalue weighted by Crippen LogP contribution is -2.18. The molecule has 3 nitrogen and oxygen atoms in total. The summed E-state index contributed by atoms with van der Waals surface area (Å²) in [5.41, 5.74) is 0.983. The van der Waals surface area contributed by atoms with Crippen LogP contribution in [0.5, 0.6) is 5.75 Å². The first-order valence-electron chi connectivity index (χ1n) is 6.59.